The third-order valence-corrected chi connectivity index (χ3v) is 3.91. The van der Waals surface area contributed by atoms with Crippen molar-refractivity contribution < 1.29 is 9.47 Å². The summed E-state index contributed by atoms with van der Waals surface area (Å²) in [6.45, 7) is 12.4. The lowest BCUT2D eigenvalue weighted by atomic mass is 9.85. The second-order valence-corrected chi connectivity index (χ2v) is 5.83. The molecule has 1 aliphatic heterocycles. The molecule has 18 heavy (non-hydrogen) atoms. The molecule has 0 spiro atoms. The summed E-state index contributed by atoms with van der Waals surface area (Å²) in [7, 11) is 0. The topological polar surface area (TPSA) is 30.5 Å². The number of hydrogen-bond acceptors (Lipinski definition) is 3. The molecule has 1 unspecified atom stereocenters. The normalized spacial score (nSPS) is 20.0. The van der Waals surface area contributed by atoms with Crippen LogP contribution in [0.4, 0.5) is 0 Å². The summed E-state index contributed by atoms with van der Waals surface area (Å²) in [5.41, 5.74) is -0.0811. The lowest BCUT2D eigenvalue weighted by Gasteiger charge is -2.38. The van der Waals surface area contributed by atoms with E-state index in [1.807, 2.05) is 0 Å². The maximum absolute atomic E-state index is 5.94. The number of hydrogen-bond donors (Lipinski definition) is 1. The molecule has 0 radical (unpaired) electrons. The van der Waals surface area contributed by atoms with Gasteiger partial charge in [-0.3, -0.25) is 0 Å². The van der Waals surface area contributed by atoms with Crippen LogP contribution in [-0.4, -0.2) is 38.0 Å². The highest BCUT2D eigenvalue weighted by atomic mass is 16.5. The lowest BCUT2D eigenvalue weighted by molar-refractivity contribution is -0.0482. The molecule has 3 nitrogen and oxygen atoms in total. The van der Waals surface area contributed by atoms with Crippen molar-refractivity contribution in [2.75, 3.05) is 26.4 Å². The molecular weight excluding hydrogens is 226 g/mol. The zero-order valence-corrected chi connectivity index (χ0v) is 12.6. The van der Waals surface area contributed by atoms with Crippen LogP contribution < -0.4 is 5.32 Å². The molecule has 0 aromatic heterocycles. The standard InChI is InChI=1S/C15H31NO2/c1-5-9-16-14(15(3,4)18-6-2)12-13-7-10-17-11-8-13/h13-14,16H,5-12H2,1-4H3. The van der Waals surface area contributed by atoms with Crippen LogP contribution in [0.15, 0.2) is 0 Å². The van der Waals surface area contributed by atoms with Gasteiger partial charge in [0, 0.05) is 25.9 Å². The fourth-order valence-corrected chi connectivity index (χ4v) is 2.72. The van der Waals surface area contributed by atoms with E-state index >= 15 is 0 Å². The van der Waals surface area contributed by atoms with Gasteiger partial charge in [0.25, 0.3) is 0 Å². The minimum atomic E-state index is -0.0811. The molecule has 1 atom stereocenters. The third-order valence-electron chi connectivity index (χ3n) is 3.91. The Morgan fingerprint density at radius 3 is 2.50 bits per heavy atom. The molecule has 0 saturated carbocycles. The van der Waals surface area contributed by atoms with Crippen molar-refractivity contribution >= 4 is 0 Å². The van der Waals surface area contributed by atoms with Gasteiger partial charge in [-0.15, -0.1) is 0 Å². The summed E-state index contributed by atoms with van der Waals surface area (Å²) in [6.07, 6.45) is 4.78. The van der Waals surface area contributed by atoms with Crippen LogP contribution in [0.1, 0.15) is 53.4 Å². The summed E-state index contributed by atoms with van der Waals surface area (Å²) >= 11 is 0. The van der Waals surface area contributed by atoms with Gasteiger partial charge in [0.1, 0.15) is 0 Å². The zero-order valence-electron chi connectivity index (χ0n) is 12.6. The summed E-state index contributed by atoms with van der Waals surface area (Å²) in [5.74, 6) is 0.785. The van der Waals surface area contributed by atoms with E-state index in [2.05, 4.69) is 33.0 Å². The van der Waals surface area contributed by atoms with E-state index in [9.17, 15) is 0 Å². The van der Waals surface area contributed by atoms with Crippen molar-refractivity contribution in [3.8, 4) is 0 Å². The van der Waals surface area contributed by atoms with E-state index in [0.29, 0.717) is 6.04 Å². The van der Waals surface area contributed by atoms with E-state index in [1.165, 1.54) is 25.7 Å². The Bertz CT molecular complexity index is 213. The van der Waals surface area contributed by atoms with Gasteiger partial charge in [-0.25, -0.2) is 0 Å². The maximum atomic E-state index is 5.94. The zero-order chi connectivity index (χ0) is 13.4. The molecule has 1 saturated heterocycles. The molecule has 0 aromatic carbocycles. The predicted octanol–water partition coefficient (Wildman–Crippen LogP) is 2.99. The van der Waals surface area contributed by atoms with Crippen LogP contribution >= 0.6 is 0 Å². The molecular formula is C15H31NO2. The Balaban J connectivity index is 2.52. The predicted molar refractivity (Wildman–Crippen MR) is 75.9 cm³/mol. The quantitative estimate of drug-likeness (QED) is 0.725. The van der Waals surface area contributed by atoms with E-state index < -0.39 is 0 Å². The minimum Gasteiger partial charge on any atom is -0.381 e. The van der Waals surface area contributed by atoms with Crippen molar-refractivity contribution in [3.63, 3.8) is 0 Å². The average Bonchev–Trinajstić information content (AvgIpc) is 2.35. The highest BCUT2D eigenvalue weighted by Gasteiger charge is 2.32. The largest absolute Gasteiger partial charge is 0.381 e. The van der Waals surface area contributed by atoms with Crippen LogP contribution in [0, 0.1) is 5.92 Å². The smallest absolute Gasteiger partial charge is 0.0778 e. The van der Waals surface area contributed by atoms with E-state index in [0.717, 1.165) is 32.3 Å². The fraction of sp³-hybridized carbons (Fsp3) is 1.00. The van der Waals surface area contributed by atoms with Crippen molar-refractivity contribution in [3.05, 3.63) is 0 Å². The van der Waals surface area contributed by atoms with Crippen LogP contribution in [0.2, 0.25) is 0 Å². The first-order valence-corrected chi connectivity index (χ1v) is 7.55. The molecule has 1 N–H and O–H groups in total. The number of ether oxygens (including phenoxy) is 2. The van der Waals surface area contributed by atoms with Crippen LogP contribution in [0.3, 0.4) is 0 Å². The number of nitrogens with one attached hydrogen (secondary N) is 1. The van der Waals surface area contributed by atoms with E-state index in [1.54, 1.807) is 0 Å². The van der Waals surface area contributed by atoms with Crippen molar-refractivity contribution in [2.45, 2.75) is 65.0 Å². The third kappa shape index (κ3) is 5.25. The van der Waals surface area contributed by atoms with Crippen LogP contribution in [0.5, 0.6) is 0 Å². The minimum absolute atomic E-state index is 0.0811. The van der Waals surface area contributed by atoms with Gasteiger partial charge in [-0.1, -0.05) is 6.92 Å². The SMILES string of the molecule is CCCNC(CC1CCOCC1)C(C)(C)OCC. The summed E-state index contributed by atoms with van der Waals surface area (Å²) in [6, 6.07) is 0.445. The molecule has 1 fully saturated rings. The second-order valence-electron chi connectivity index (χ2n) is 5.83. The first-order chi connectivity index (χ1) is 8.60. The van der Waals surface area contributed by atoms with Gasteiger partial charge in [0.15, 0.2) is 0 Å². The second kappa shape index (κ2) is 8.13. The highest BCUT2D eigenvalue weighted by molar-refractivity contribution is 4.88. The first-order valence-electron chi connectivity index (χ1n) is 7.55. The lowest BCUT2D eigenvalue weighted by Crippen LogP contribution is -2.50. The van der Waals surface area contributed by atoms with Gasteiger partial charge in [-0.05, 0) is 58.9 Å². The molecule has 1 aliphatic rings. The molecule has 108 valence electrons. The Morgan fingerprint density at radius 1 is 1.28 bits per heavy atom. The molecule has 1 heterocycles. The molecule has 3 heteroatoms. The Hall–Kier alpha value is -0.120. The number of rotatable bonds is 8. The van der Waals surface area contributed by atoms with Gasteiger partial charge in [0.05, 0.1) is 5.60 Å². The van der Waals surface area contributed by atoms with E-state index in [4.69, 9.17) is 9.47 Å². The summed E-state index contributed by atoms with van der Waals surface area (Å²) in [5, 5.41) is 3.68. The molecule has 0 amide bonds. The van der Waals surface area contributed by atoms with Crippen LogP contribution in [0.25, 0.3) is 0 Å². The molecule has 0 aliphatic carbocycles. The van der Waals surface area contributed by atoms with Gasteiger partial charge < -0.3 is 14.8 Å². The highest BCUT2D eigenvalue weighted by Crippen LogP contribution is 2.26. The Labute approximate surface area is 113 Å². The van der Waals surface area contributed by atoms with Gasteiger partial charge in [0.2, 0.25) is 0 Å². The van der Waals surface area contributed by atoms with Gasteiger partial charge in [-0.2, -0.15) is 0 Å². The average molecular weight is 257 g/mol. The molecule has 0 aromatic rings. The maximum Gasteiger partial charge on any atom is 0.0778 e. The first kappa shape index (κ1) is 15.9. The monoisotopic (exact) mass is 257 g/mol. The molecule has 1 rings (SSSR count). The van der Waals surface area contributed by atoms with Crippen molar-refractivity contribution in [1.29, 1.82) is 0 Å². The molecule has 0 bridgehead atoms. The van der Waals surface area contributed by atoms with Crippen molar-refractivity contribution in [2.24, 2.45) is 5.92 Å². The summed E-state index contributed by atoms with van der Waals surface area (Å²) < 4.78 is 11.4. The van der Waals surface area contributed by atoms with Gasteiger partial charge >= 0.3 is 0 Å². The van der Waals surface area contributed by atoms with Crippen LogP contribution in [-0.2, 0) is 9.47 Å². The summed E-state index contributed by atoms with van der Waals surface area (Å²) in [4.78, 5) is 0. The van der Waals surface area contributed by atoms with Crippen molar-refractivity contribution in [1.82, 2.24) is 5.32 Å². The van der Waals surface area contributed by atoms with E-state index in [-0.39, 0.29) is 5.60 Å². The Morgan fingerprint density at radius 2 is 1.94 bits per heavy atom. The Kier molecular flexibility index (Phi) is 7.20. The fourth-order valence-electron chi connectivity index (χ4n) is 2.72.